The summed E-state index contributed by atoms with van der Waals surface area (Å²) in [7, 11) is 0. The van der Waals surface area contributed by atoms with Crippen molar-refractivity contribution in [1.29, 1.82) is 0 Å². The van der Waals surface area contributed by atoms with E-state index in [0.29, 0.717) is 12.3 Å². The number of thioether (sulfide) groups is 1. The molecule has 82 valence electrons. The van der Waals surface area contributed by atoms with E-state index in [-0.39, 0.29) is 5.91 Å². The smallest absolute Gasteiger partial charge is 0.287 e. The number of carbonyl (C=O) groups excluding carboxylic acids is 1. The first-order valence-electron chi connectivity index (χ1n) is 4.63. The van der Waals surface area contributed by atoms with Crippen molar-refractivity contribution in [2.24, 2.45) is 0 Å². The Bertz CT molecular complexity index is 357. The molecule has 0 saturated carbocycles. The van der Waals surface area contributed by atoms with Gasteiger partial charge in [0, 0.05) is 6.54 Å². The Kier molecular flexibility index (Phi) is 4.49. The molecule has 1 aromatic heterocycles. The van der Waals surface area contributed by atoms with Gasteiger partial charge < -0.3 is 9.73 Å². The molecule has 0 radical (unpaired) electrons. The average Bonchev–Trinajstić information content (AvgIpc) is 2.63. The summed E-state index contributed by atoms with van der Waals surface area (Å²) in [6.45, 7) is 6.05. The maximum atomic E-state index is 11.5. The molecule has 0 aromatic carbocycles. The number of furan rings is 1. The van der Waals surface area contributed by atoms with Crippen molar-refractivity contribution in [3.63, 3.8) is 0 Å². The van der Waals surface area contributed by atoms with Crippen LogP contribution in [0.2, 0.25) is 0 Å². The topological polar surface area (TPSA) is 42.2 Å². The second kappa shape index (κ2) is 5.66. The van der Waals surface area contributed by atoms with Crippen LogP contribution in [0.1, 0.15) is 23.2 Å². The van der Waals surface area contributed by atoms with E-state index >= 15 is 0 Å². The fraction of sp³-hybridized carbons (Fsp3) is 0.364. The minimum absolute atomic E-state index is 0.189. The minimum atomic E-state index is -0.189. The second-order valence-corrected chi connectivity index (χ2v) is 4.20. The molecule has 0 spiro atoms. The van der Waals surface area contributed by atoms with Crippen LogP contribution in [-0.4, -0.2) is 18.7 Å². The first-order chi connectivity index (χ1) is 7.13. The van der Waals surface area contributed by atoms with Gasteiger partial charge >= 0.3 is 0 Å². The van der Waals surface area contributed by atoms with Crippen molar-refractivity contribution in [2.75, 3.05) is 12.8 Å². The maximum Gasteiger partial charge on any atom is 0.287 e. The Labute approximate surface area is 93.9 Å². The molecule has 0 atom stereocenters. The molecule has 1 amide bonds. The number of nitrogens with one attached hydrogen (secondary N) is 1. The van der Waals surface area contributed by atoms with E-state index in [4.69, 9.17) is 4.42 Å². The largest absolute Gasteiger partial charge is 0.455 e. The number of hydrogen-bond acceptors (Lipinski definition) is 3. The summed E-state index contributed by atoms with van der Waals surface area (Å²) in [4.78, 5) is 11.5. The van der Waals surface area contributed by atoms with E-state index in [1.54, 1.807) is 17.8 Å². The number of carbonyl (C=O) groups is 1. The Morgan fingerprint density at radius 2 is 2.33 bits per heavy atom. The monoisotopic (exact) mass is 225 g/mol. The number of amides is 1. The van der Waals surface area contributed by atoms with E-state index < -0.39 is 0 Å². The van der Waals surface area contributed by atoms with Gasteiger partial charge in [-0.3, -0.25) is 4.79 Å². The highest BCUT2D eigenvalue weighted by molar-refractivity contribution is 7.97. The Hall–Kier alpha value is -1.16. The molecule has 1 heterocycles. The molecule has 0 unspecified atom stereocenters. The van der Waals surface area contributed by atoms with Crippen LogP contribution in [0.5, 0.6) is 0 Å². The summed E-state index contributed by atoms with van der Waals surface area (Å²) in [6.07, 6.45) is 1.99. The first-order valence-corrected chi connectivity index (χ1v) is 6.03. The van der Waals surface area contributed by atoms with Gasteiger partial charge in [-0.2, -0.15) is 11.8 Å². The van der Waals surface area contributed by atoms with Crippen molar-refractivity contribution in [2.45, 2.75) is 12.7 Å². The van der Waals surface area contributed by atoms with Gasteiger partial charge in [0.25, 0.3) is 5.91 Å². The standard InChI is InChI=1S/C11H15NO2S/c1-8(2)6-12-11(13)10-5-4-9(14-10)7-15-3/h4-5H,1,6-7H2,2-3H3,(H,12,13). The Morgan fingerprint density at radius 3 is 2.93 bits per heavy atom. The van der Waals surface area contributed by atoms with Crippen LogP contribution in [-0.2, 0) is 5.75 Å². The molecule has 0 saturated heterocycles. The number of hydrogen-bond donors (Lipinski definition) is 1. The molecule has 0 aliphatic carbocycles. The highest BCUT2D eigenvalue weighted by atomic mass is 32.2. The van der Waals surface area contributed by atoms with Crippen LogP contribution in [0, 0.1) is 0 Å². The van der Waals surface area contributed by atoms with Gasteiger partial charge in [-0.05, 0) is 25.3 Å². The summed E-state index contributed by atoms with van der Waals surface area (Å²) >= 11 is 1.66. The summed E-state index contributed by atoms with van der Waals surface area (Å²) in [5.41, 5.74) is 0.916. The molecular formula is C11H15NO2S. The lowest BCUT2D eigenvalue weighted by molar-refractivity contribution is 0.0928. The SMILES string of the molecule is C=C(C)CNC(=O)c1ccc(CSC)o1. The molecule has 0 fully saturated rings. The molecule has 0 aliphatic heterocycles. The summed E-state index contributed by atoms with van der Waals surface area (Å²) in [6, 6.07) is 3.52. The molecule has 1 aromatic rings. The van der Waals surface area contributed by atoms with Gasteiger partial charge in [-0.1, -0.05) is 12.2 Å². The fourth-order valence-corrected chi connectivity index (χ4v) is 1.48. The molecule has 4 heteroatoms. The lowest BCUT2D eigenvalue weighted by Gasteiger charge is -2.01. The predicted octanol–water partition coefficient (Wildman–Crippen LogP) is 2.45. The summed E-state index contributed by atoms with van der Waals surface area (Å²) in [5, 5.41) is 2.71. The van der Waals surface area contributed by atoms with Crippen molar-refractivity contribution in [1.82, 2.24) is 5.32 Å². The Balaban J connectivity index is 2.54. The molecular weight excluding hydrogens is 210 g/mol. The third kappa shape index (κ3) is 3.83. The zero-order chi connectivity index (χ0) is 11.3. The van der Waals surface area contributed by atoms with Crippen LogP contribution < -0.4 is 5.32 Å². The Morgan fingerprint density at radius 1 is 1.60 bits per heavy atom. The fourth-order valence-electron chi connectivity index (χ4n) is 1.04. The summed E-state index contributed by atoms with van der Waals surface area (Å²) < 4.78 is 5.36. The van der Waals surface area contributed by atoms with Crippen LogP contribution in [0.4, 0.5) is 0 Å². The molecule has 1 N–H and O–H groups in total. The van der Waals surface area contributed by atoms with Crippen LogP contribution in [0.15, 0.2) is 28.7 Å². The first kappa shape index (κ1) is 11.9. The highest BCUT2D eigenvalue weighted by Gasteiger charge is 2.09. The second-order valence-electron chi connectivity index (χ2n) is 3.34. The van der Waals surface area contributed by atoms with E-state index in [0.717, 1.165) is 17.1 Å². The van der Waals surface area contributed by atoms with Gasteiger partial charge in [0.2, 0.25) is 0 Å². The molecule has 1 rings (SSSR count). The quantitative estimate of drug-likeness (QED) is 0.783. The molecule has 3 nitrogen and oxygen atoms in total. The van der Waals surface area contributed by atoms with Crippen molar-refractivity contribution >= 4 is 17.7 Å². The molecule has 15 heavy (non-hydrogen) atoms. The molecule has 0 bridgehead atoms. The predicted molar refractivity (Wildman–Crippen MR) is 63.1 cm³/mol. The van der Waals surface area contributed by atoms with Crippen LogP contribution in [0.3, 0.4) is 0 Å². The maximum absolute atomic E-state index is 11.5. The van der Waals surface area contributed by atoms with E-state index in [1.807, 2.05) is 19.2 Å². The lowest BCUT2D eigenvalue weighted by Crippen LogP contribution is -2.24. The van der Waals surface area contributed by atoms with Crippen molar-refractivity contribution in [3.05, 3.63) is 35.8 Å². The van der Waals surface area contributed by atoms with Gasteiger partial charge in [-0.15, -0.1) is 0 Å². The van der Waals surface area contributed by atoms with E-state index in [1.165, 1.54) is 0 Å². The van der Waals surface area contributed by atoms with Crippen molar-refractivity contribution in [3.8, 4) is 0 Å². The van der Waals surface area contributed by atoms with Gasteiger partial charge in [-0.25, -0.2) is 0 Å². The van der Waals surface area contributed by atoms with Gasteiger partial charge in [0.1, 0.15) is 5.76 Å². The van der Waals surface area contributed by atoms with Gasteiger partial charge in [0.15, 0.2) is 5.76 Å². The third-order valence-electron chi connectivity index (χ3n) is 1.72. The lowest BCUT2D eigenvalue weighted by atomic mass is 10.3. The van der Waals surface area contributed by atoms with E-state index in [9.17, 15) is 4.79 Å². The van der Waals surface area contributed by atoms with Crippen LogP contribution >= 0.6 is 11.8 Å². The van der Waals surface area contributed by atoms with Crippen LogP contribution in [0.25, 0.3) is 0 Å². The third-order valence-corrected chi connectivity index (χ3v) is 2.30. The summed E-state index contributed by atoms with van der Waals surface area (Å²) in [5.74, 6) is 1.78. The number of rotatable bonds is 5. The normalized spacial score (nSPS) is 10.0. The highest BCUT2D eigenvalue weighted by Crippen LogP contribution is 2.13. The van der Waals surface area contributed by atoms with Crippen molar-refractivity contribution < 1.29 is 9.21 Å². The zero-order valence-corrected chi connectivity index (χ0v) is 9.82. The van der Waals surface area contributed by atoms with Gasteiger partial charge in [0.05, 0.1) is 5.75 Å². The van der Waals surface area contributed by atoms with E-state index in [2.05, 4.69) is 11.9 Å². The zero-order valence-electron chi connectivity index (χ0n) is 9.00. The minimum Gasteiger partial charge on any atom is -0.455 e. The molecule has 0 aliphatic rings. The average molecular weight is 225 g/mol.